The number of ether oxygens (including phenoxy) is 2. The van der Waals surface area contributed by atoms with Crippen molar-refractivity contribution in [3.63, 3.8) is 0 Å². The highest BCUT2D eigenvalue weighted by molar-refractivity contribution is 7.89. The van der Waals surface area contributed by atoms with Crippen molar-refractivity contribution in [3.8, 4) is 5.75 Å². The van der Waals surface area contributed by atoms with Crippen molar-refractivity contribution in [1.82, 2.24) is 4.72 Å². The highest BCUT2D eigenvalue weighted by Gasteiger charge is 2.22. The number of hydrogen-bond donors (Lipinski definition) is 2. The number of methoxy groups -OCH3 is 1. The number of benzene rings is 1. The summed E-state index contributed by atoms with van der Waals surface area (Å²) in [7, 11) is -2.09. The minimum absolute atomic E-state index is 0.136. The molecule has 0 amide bonds. The lowest BCUT2D eigenvalue weighted by atomic mass is 10.1. The largest absolute Gasteiger partial charge is 0.495 e. The van der Waals surface area contributed by atoms with Crippen molar-refractivity contribution < 1.29 is 17.9 Å². The van der Waals surface area contributed by atoms with Gasteiger partial charge in [-0.15, -0.1) is 0 Å². The molecule has 1 aromatic carbocycles. The summed E-state index contributed by atoms with van der Waals surface area (Å²) >= 11 is 0. The third-order valence-corrected chi connectivity index (χ3v) is 4.51. The second-order valence-corrected chi connectivity index (χ2v) is 6.15. The quantitative estimate of drug-likeness (QED) is 0.796. The molecule has 1 fully saturated rings. The highest BCUT2D eigenvalue weighted by atomic mass is 32.2. The van der Waals surface area contributed by atoms with Gasteiger partial charge in [0.25, 0.3) is 0 Å². The molecule has 1 aromatic rings. The van der Waals surface area contributed by atoms with Gasteiger partial charge in [0.2, 0.25) is 10.0 Å². The first-order chi connectivity index (χ1) is 9.03. The lowest BCUT2D eigenvalue weighted by molar-refractivity contribution is 0.0774. The van der Waals surface area contributed by atoms with Crippen LogP contribution in [0.3, 0.4) is 0 Å². The maximum Gasteiger partial charge on any atom is 0.240 e. The molecule has 0 saturated carbocycles. The lowest BCUT2D eigenvalue weighted by Crippen LogP contribution is -2.40. The Kier molecular flexibility index (Phi) is 4.28. The van der Waals surface area contributed by atoms with Crippen molar-refractivity contribution in [2.45, 2.75) is 23.8 Å². The molecule has 0 bridgehead atoms. The SMILES string of the molecule is COc1ccc(S(=O)(=O)NC2CCCOC2)cc1N. The van der Waals surface area contributed by atoms with E-state index in [-0.39, 0.29) is 10.9 Å². The molecular formula is C12H18N2O4S. The highest BCUT2D eigenvalue weighted by Crippen LogP contribution is 2.24. The minimum atomic E-state index is -3.57. The van der Waals surface area contributed by atoms with E-state index in [2.05, 4.69) is 4.72 Å². The number of anilines is 1. The molecule has 1 aliphatic rings. The van der Waals surface area contributed by atoms with Crippen LogP contribution in [-0.2, 0) is 14.8 Å². The van der Waals surface area contributed by atoms with Crippen LogP contribution in [0.2, 0.25) is 0 Å². The summed E-state index contributed by atoms with van der Waals surface area (Å²) < 4.78 is 37.3. The zero-order chi connectivity index (χ0) is 13.9. The van der Waals surface area contributed by atoms with Gasteiger partial charge in [0.05, 0.1) is 24.3 Å². The molecule has 7 heteroatoms. The number of nitrogens with one attached hydrogen (secondary N) is 1. The Bertz CT molecular complexity index is 539. The fraction of sp³-hybridized carbons (Fsp3) is 0.500. The van der Waals surface area contributed by atoms with Gasteiger partial charge < -0.3 is 15.2 Å². The lowest BCUT2D eigenvalue weighted by Gasteiger charge is -2.23. The maximum atomic E-state index is 12.2. The van der Waals surface area contributed by atoms with Gasteiger partial charge in [-0.2, -0.15) is 0 Å². The molecule has 1 heterocycles. The van der Waals surface area contributed by atoms with E-state index in [9.17, 15) is 8.42 Å². The van der Waals surface area contributed by atoms with Crippen molar-refractivity contribution in [1.29, 1.82) is 0 Å². The summed E-state index contributed by atoms with van der Waals surface area (Å²) in [5.74, 6) is 0.458. The molecule has 2 rings (SSSR count). The van der Waals surface area contributed by atoms with Crippen molar-refractivity contribution in [2.24, 2.45) is 0 Å². The first-order valence-corrected chi connectivity index (χ1v) is 7.55. The standard InChI is InChI=1S/C12H18N2O4S/c1-17-12-5-4-10(7-11(12)13)19(15,16)14-9-3-2-6-18-8-9/h4-5,7,9,14H,2-3,6,8,13H2,1H3. The number of nitrogens with two attached hydrogens (primary N) is 1. The van der Waals surface area contributed by atoms with Crippen molar-refractivity contribution in [3.05, 3.63) is 18.2 Å². The van der Waals surface area contributed by atoms with Gasteiger partial charge in [0.15, 0.2) is 0 Å². The van der Waals surface area contributed by atoms with Crippen LogP contribution in [0.1, 0.15) is 12.8 Å². The molecule has 0 aromatic heterocycles. The second-order valence-electron chi connectivity index (χ2n) is 4.44. The molecule has 0 aliphatic carbocycles. The van der Waals surface area contributed by atoms with Gasteiger partial charge in [-0.05, 0) is 31.0 Å². The van der Waals surface area contributed by atoms with Crippen molar-refractivity contribution >= 4 is 15.7 Å². The summed E-state index contributed by atoms with van der Waals surface area (Å²) in [6.45, 7) is 1.10. The van der Waals surface area contributed by atoms with Crippen LogP contribution in [0.5, 0.6) is 5.75 Å². The van der Waals surface area contributed by atoms with E-state index in [0.717, 1.165) is 12.8 Å². The smallest absolute Gasteiger partial charge is 0.240 e. The fourth-order valence-electron chi connectivity index (χ4n) is 2.00. The van der Waals surface area contributed by atoms with Gasteiger partial charge >= 0.3 is 0 Å². The zero-order valence-electron chi connectivity index (χ0n) is 10.8. The minimum Gasteiger partial charge on any atom is -0.495 e. The molecule has 6 nitrogen and oxygen atoms in total. The van der Waals surface area contributed by atoms with Crippen LogP contribution in [0.25, 0.3) is 0 Å². The molecule has 1 saturated heterocycles. The molecule has 3 N–H and O–H groups in total. The summed E-state index contributed by atoms with van der Waals surface area (Å²) in [5, 5.41) is 0. The number of nitrogen functional groups attached to an aromatic ring is 1. The summed E-state index contributed by atoms with van der Waals surface area (Å²) in [5.41, 5.74) is 6.02. The van der Waals surface area contributed by atoms with Gasteiger partial charge in [0, 0.05) is 12.6 Å². The van der Waals surface area contributed by atoms with E-state index in [0.29, 0.717) is 24.7 Å². The van der Waals surface area contributed by atoms with Crippen LogP contribution in [0.4, 0.5) is 5.69 Å². The molecule has 1 atom stereocenters. The monoisotopic (exact) mass is 286 g/mol. The Morgan fingerprint density at radius 3 is 2.84 bits per heavy atom. The van der Waals surface area contributed by atoms with Gasteiger partial charge in [-0.3, -0.25) is 0 Å². The van der Waals surface area contributed by atoms with Crippen LogP contribution >= 0.6 is 0 Å². The Hall–Kier alpha value is -1.31. The first-order valence-electron chi connectivity index (χ1n) is 6.06. The molecule has 0 spiro atoms. The molecule has 1 aliphatic heterocycles. The number of hydrogen-bond acceptors (Lipinski definition) is 5. The summed E-state index contributed by atoms with van der Waals surface area (Å²) in [6, 6.07) is 4.23. The zero-order valence-corrected chi connectivity index (χ0v) is 11.6. The van der Waals surface area contributed by atoms with Gasteiger partial charge in [-0.25, -0.2) is 13.1 Å². The summed E-state index contributed by atoms with van der Waals surface area (Å²) in [4.78, 5) is 0.136. The van der Waals surface area contributed by atoms with E-state index in [1.807, 2.05) is 0 Å². The van der Waals surface area contributed by atoms with Crippen LogP contribution in [0, 0.1) is 0 Å². The Labute approximate surface area is 112 Å². The predicted molar refractivity (Wildman–Crippen MR) is 71.6 cm³/mol. The predicted octanol–water partition coefficient (Wildman–Crippen LogP) is 0.735. The third-order valence-electron chi connectivity index (χ3n) is 2.99. The molecular weight excluding hydrogens is 268 g/mol. The van der Waals surface area contributed by atoms with Crippen molar-refractivity contribution in [2.75, 3.05) is 26.1 Å². The van der Waals surface area contributed by atoms with Gasteiger partial charge in [0.1, 0.15) is 5.75 Å². The first kappa shape index (κ1) is 14.1. The molecule has 1 unspecified atom stereocenters. The molecule has 19 heavy (non-hydrogen) atoms. The van der Waals surface area contributed by atoms with E-state index in [1.54, 1.807) is 6.07 Å². The Morgan fingerprint density at radius 2 is 2.26 bits per heavy atom. The topological polar surface area (TPSA) is 90.7 Å². The van der Waals surface area contributed by atoms with Crippen LogP contribution < -0.4 is 15.2 Å². The molecule has 0 radical (unpaired) electrons. The van der Waals surface area contributed by atoms with Crippen LogP contribution in [-0.4, -0.2) is 34.8 Å². The summed E-state index contributed by atoms with van der Waals surface area (Å²) in [6.07, 6.45) is 1.64. The average molecular weight is 286 g/mol. The number of sulfonamides is 1. The van der Waals surface area contributed by atoms with E-state index in [4.69, 9.17) is 15.2 Å². The normalized spacial score (nSPS) is 20.2. The fourth-order valence-corrected chi connectivity index (χ4v) is 3.29. The van der Waals surface area contributed by atoms with E-state index in [1.165, 1.54) is 19.2 Å². The van der Waals surface area contributed by atoms with Gasteiger partial charge in [-0.1, -0.05) is 0 Å². The molecule has 106 valence electrons. The van der Waals surface area contributed by atoms with E-state index >= 15 is 0 Å². The van der Waals surface area contributed by atoms with E-state index < -0.39 is 10.0 Å². The van der Waals surface area contributed by atoms with Crippen LogP contribution in [0.15, 0.2) is 23.1 Å². The third kappa shape index (κ3) is 3.37. The Balaban J connectivity index is 2.16. The number of rotatable bonds is 4. The second kappa shape index (κ2) is 5.77. The Morgan fingerprint density at radius 1 is 1.47 bits per heavy atom. The average Bonchev–Trinajstić information content (AvgIpc) is 2.39. The maximum absolute atomic E-state index is 12.2.